The van der Waals surface area contributed by atoms with Gasteiger partial charge >= 0.3 is 0 Å². The molecule has 0 atom stereocenters. The third-order valence-corrected chi connectivity index (χ3v) is 10.1. The summed E-state index contributed by atoms with van der Waals surface area (Å²) in [5.41, 5.74) is 9.55. The van der Waals surface area contributed by atoms with Gasteiger partial charge in [0, 0.05) is 33.2 Å². The number of hydrogen-bond donors (Lipinski definition) is 4. The van der Waals surface area contributed by atoms with Crippen LogP contribution in [0.1, 0.15) is 37.4 Å². The van der Waals surface area contributed by atoms with Gasteiger partial charge in [0.05, 0.1) is 22.6 Å². The number of aryl methyl sites for hydroxylation is 1. The number of hydrogen-bond acceptors (Lipinski definition) is 10. The van der Waals surface area contributed by atoms with Crippen molar-refractivity contribution in [2.75, 3.05) is 10.8 Å². The molecule has 0 radical (unpaired) electrons. The van der Waals surface area contributed by atoms with Crippen LogP contribution in [0, 0.1) is 6.92 Å². The molecule has 9 rings (SSSR count). The number of phenols is 2. The average molecular weight is 775 g/mol. The third-order valence-electron chi connectivity index (χ3n) is 10.1. The van der Waals surface area contributed by atoms with E-state index >= 15 is 0 Å². The molecule has 11 nitrogen and oxygen atoms in total. The molecule has 286 valence electrons. The van der Waals surface area contributed by atoms with E-state index in [4.69, 9.17) is 4.84 Å². The zero-order chi connectivity index (χ0) is 40.5. The van der Waals surface area contributed by atoms with E-state index in [0.29, 0.717) is 49.9 Å². The highest BCUT2D eigenvalue weighted by atomic mass is 16.6. The minimum absolute atomic E-state index is 0.0466. The van der Waals surface area contributed by atoms with E-state index in [1.807, 2.05) is 97.9 Å². The van der Waals surface area contributed by atoms with Crippen LogP contribution in [-0.4, -0.2) is 21.9 Å². The Morgan fingerprint density at radius 2 is 1.14 bits per heavy atom. The Hall–Kier alpha value is -8.02. The van der Waals surface area contributed by atoms with Gasteiger partial charge in [-0.25, -0.2) is 0 Å². The van der Waals surface area contributed by atoms with Gasteiger partial charge in [0.2, 0.25) is 0 Å². The van der Waals surface area contributed by atoms with E-state index < -0.39 is 5.91 Å². The molecule has 1 aliphatic rings. The number of phenolic OH excluding ortho intramolecular Hbond substituents is 2. The predicted molar refractivity (Wildman–Crippen MR) is 229 cm³/mol. The number of ketones is 1. The summed E-state index contributed by atoms with van der Waals surface area (Å²) < 4.78 is 0. The van der Waals surface area contributed by atoms with E-state index in [0.717, 1.165) is 27.8 Å². The van der Waals surface area contributed by atoms with Gasteiger partial charge in [0.25, 0.3) is 5.91 Å². The Labute approximate surface area is 338 Å². The molecule has 1 amide bonds. The number of para-hydroxylation sites is 1. The van der Waals surface area contributed by atoms with E-state index in [1.54, 1.807) is 60.7 Å². The maximum atomic E-state index is 13.8. The van der Waals surface area contributed by atoms with Crippen molar-refractivity contribution in [2.24, 2.45) is 20.5 Å². The number of benzene rings is 8. The molecule has 0 heterocycles. The van der Waals surface area contributed by atoms with Crippen LogP contribution in [0.5, 0.6) is 11.5 Å². The molecule has 0 saturated carbocycles. The fourth-order valence-electron chi connectivity index (χ4n) is 7.11. The SMILES string of the molecule is Cc1ccc(NOCc2cc3ccccc3c(N=Nc3ccc4c(c3)C(=O)c3cc(N=Nc5c(O)c(C(=O)Nc6ccccc6)cc6ccccc56)ccc3-4)c2O)cc1. The van der Waals surface area contributed by atoms with Crippen molar-refractivity contribution < 1.29 is 24.6 Å². The second-order valence-electron chi connectivity index (χ2n) is 14.1. The summed E-state index contributed by atoms with van der Waals surface area (Å²) in [6.45, 7) is 2.07. The van der Waals surface area contributed by atoms with Crippen LogP contribution in [0.4, 0.5) is 34.1 Å². The lowest BCUT2D eigenvalue weighted by Gasteiger charge is -2.12. The fourth-order valence-corrected chi connectivity index (χ4v) is 7.11. The number of nitrogens with one attached hydrogen (secondary N) is 2. The molecule has 8 aromatic rings. The number of anilines is 2. The van der Waals surface area contributed by atoms with Crippen LogP contribution < -0.4 is 10.8 Å². The molecule has 0 fully saturated rings. The van der Waals surface area contributed by atoms with Crippen molar-refractivity contribution >= 4 is 67.4 Å². The van der Waals surface area contributed by atoms with Crippen molar-refractivity contribution in [2.45, 2.75) is 13.5 Å². The first-order valence-corrected chi connectivity index (χ1v) is 18.8. The monoisotopic (exact) mass is 774 g/mol. The quantitative estimate of drug-likeness (QED) is 0.0800. The van der Waals surface area contributed by atoms with Crippen LogP contribution >= 0.6 is 0 Å². The minimum atomic E-state index is -0.494. The maximum absolute atomic E-state index is 13.8. The van der Waals surface area contributed by atoms with E-state index in [9.17, 15) is 19.8 Å². The van der Waals surface area contributed by atoms with Crippen LogP contribution in [0.15, 0.2) is 172 Å². The molecule has 0 spiro atoms. The number of nitrogens with zero attached hydrogens (tertiary/aromatic N) is 4. The number of fused-ring (bicyclic) bond motifs is 5. The van der Waals surface area contributed by atoms with E-state index in [2.05, 4.69) is 31.3 Å². The summed E-state index contributed by atoms with van der Waals surface area (Å²) >= 11 is 0. The Morgan fingerprint density at radius 1 is 0.576 bits per heavy atom. The van der Waals surface area contributed by atoms with Crippen molar-refractivity contribution in [3.05, 3.63) is 179 Å². The molecule has 4 N–H and O–H groups in total. The van der Waals surface area contributed by atoms with Crippen molar-refractivity contribution in [3.63, 3.8) is 0 Å². The highest BCUT2D eigenvalue weighted by molar-refractivity contribution is 6.22. The van der Waals surface area contributed by atoms with Gasteiger partial charge < -0.3 is 15.5 Å². The van der Waals surface area contributed by atoms with Crippen molar-refractivity contribution in [1.29, 1.82) is 0 Å². The second kappa shape index (κ2) is 15.5. The molecule has 1 aliphatic carbocycles. The lowest BCUT2D eigenvalue weighted by atomic mass is 10.0. The highest BCUT2D eigenvalue weighted by Crippen LogP contribution is 2.44. The predicted octanol–water partition coefficient (Wildman–Crippen LogP) is 12.6. The standard InChI is InChI=1S/C48H34N6O5/c1-28-15-17-33(18-16-28)54-59-27-31-23-29-9-5-7-13-36(29)43(45(31)55)52-50-34-19-21-38-39-22-20-35(26-41(39)46(56)40(38)25-34)51-53-44-37-14-8-6-10-30(37)24-42(47(44)57)48(58)49-32-11-3-2-4-12-32/h2-26,54-55,57H,27H2,1H3,(H,49,58). The highest BCUT2D eigenvalue weighted by Gasteiger charge is 2.27. The van der Waals surface area contributed by atoms with Gasteiger partial charge in [-0.2, -0.15) is 10.2 Å². The zero-order valence-electron chi connectivity index (χ0n) is 31.5. The summed E-state index contributed by atoms with van der Waals surface area (Å²) in [5.74, 6) is -1.09. The number of carbonyl (C=O) groups excluding carboxylic acids is 2. The van der Waals surface area contributed by atoms with E-state index in [1.165, 1.54) is 0 Å². The maximum Gasteiger partial charge on any atom is 0.259 e. The van der Waals surface area contributed by atoms with E-state index in [-0.39, 0.29) is 40.8 Å². The molecule has 0 unspecified atom stereocenters. The lowest BCUT2D eigenvalue weighted by Crippen LogP contribution is -2.12. The normalized spacial score (nSPS) is 12.1. The lowest BCUT2D eigenvalue weighted by molar-refractivity contribution is 0.102. The Morgan fingerprint density at radius 3 is 1.76 bits per heavy atom. The Bertz CT molecular complexity index is 3020. The number of carbonyl (C=O) groups is 2. The van der Waals surface area contributed by atoms with Gasteiger partial charge in [-0.15, -0.1) is 10.2 Å². The summed E-state index contributed by atoms with van der Waals surface area (Å²) in [6.07, 6.45) is 0. The molecular formula is C48H34N6O5. The molecule has 0 aromatic heterocycles. The number of amides is 1. The summed E-state index contributed by atoms with van der Waals surface area (Å²) in [7, 11) is 0. The van der Waals surface area contributed by atoms with Crippen LogP contribution in [0.25, 0.3) is 32.7 Å². The van der Waals surface area contributed by atoms with Gasteiger partial charge in [0.15, 0.2) is 11.5 Å². The molecule has 0 aliphatic heterocycles. The molecular weight excluding hydrogens is 741 g/mol. The molecule has 0 saturated heterocycles. The van der Waals surface area contributed by atoms with Gasteiger partial charge in [-0.1, -0.05) is 96.6 Å². The fraction of sp³-hybridized carbons (Fsp3) is 0.0417. The molecule has 8 aromatic carbocycles. The number of azo groups is 2. The largest absolute Gasteiger partial charge is 0.505 e. The van der Waals surface area contributed by atoms with Gasteiger partial charge in [-0.05, 0) is 89.5 Å². The van der Waals surface area contributed by atoms with Crippen molar-refractivity contribution in [3.8, 4) is 22.6 Å². The minimum Gasteiger partial charge on any atom is -0.505 e. The summed E-state index contributed by atoms with van der Waals surface area (Å²) in [6, 6.07) is 45.5. The zero-order valence-corrected chi connectivity index (χ0v) is 31.5. The van der Waals surface area contributed by atoms with Crippen molar-refractivity contribution in [1.82, 2.24) is 0 Å². The second-order valence-corrected chi connectivity index (χ2v) is 14.1. The Kier molecular flexibility index (Phi) is 9.61. The summed E-state index contributed by atoms with van der Waals surface area (Å²) in [4.78, 5) is 32.8. The number of rotatable bonds is 10. The first-order chi connectivity index (χ1) is 28.8. The Balaban J connectivity index is 0.967. The first kappa shape index (κ1) is 36.6. The van der Waals surface area contributed by atoms with Gasteiger partial charge in [0.1, 0.15) is 23.7 Å². The smallest absolute Gasteiger partial charge is 0.259 e. The van der Waals surface area contributed by atoms with Gasteiger partial charge in [-0.3, -0.25) is 19.9 Å². The van der Waals surface area contributed by atoms with Crippen LogP contribution in [-0.2, 0) is 11.4 Å². The number of aromatic hydroxyl groups is 2. The molecule has 11 heteroatoms. The van der Waals surface area contributed by atoms with Crippen LogP contribution in [0.3, 0.4) is 0 Å². The third kappa shape index (κ3) is 7.25. The molecule has 59 heavy (non-hydrogen) atoms. The molecule has 0 bridgehead atoms. The first-order valence-electron chi connectivity index (χ1n) is 18.8. The van der Waals surface area contributed by atoms with Crippen LogP contribution in [0.2, 0.25) is 0 Å². The summed E-state index contributed by atoms with van der Waals surface area (Å²) in [5, 5.41) is 46.1. The average Bonchev–Trinajstić information content (AvgIpc) is 3.53. The topological polar surface area (TPSA) is 157 Å².